The summed E-state index contributed by atoms with van der Waals surface area (Å²) in [6.45, 7) is 0.746. The summed E-state index contributed by atoms with van der Waals surface area (Å²) in [4.78, 5) is 36.4. The maximum absolute atomic E-state index is 12.7. The van der Waals surface area contributed by atoms with Crippen LogP contribution >= 0.6 is 0 Å². The monoisotopic (exact) mass is 476 g/mol. The highest BCUT2D eigenvalue weighted by molar-refractivity contribution is 6.02. The molecule has 1 unspecified atom stereocenters. The number of fused-ring (bicyclic) bond motifs is 1. The van der Waals surface area contributed by atoms with Crippen LogP contribution in [0.2, 0.25) is 0 Å². The van der Waals surface area contributed by atoms with Crippen LogP contribution in [0.1, 0.15) is 28.8 Å². The van der Waals surface area contributed by atoms with Crippen LogP contribution < -0.4 is 26.4 Å². The van der Waals surface area contributed by atoms with E-state index in [0.717, 1.165) is 16.3 Å². The number of amides is 3. The van der Waals surface area contributed by atoms with Gasteiger partial charge in [-0.1, -0.05) is 54.6 Å². The van der Waals surface area contributed by atoms with E-state index < -0.39 is 6.04 Å². The zero-order chi connectivity index (χ0) is 25.0. The van der Waals surface area contributed by atoms with Gasteiger partial charge in [0.15, 0.2) is 0 Å². The molecule has 0 spiro atoms. The van der Waals surface area contributed by atoms with Gasteiger partial charge in [-0.2, -0.15) is 0 Å². The Balaban J connectivity index is 1.49. The minimum Gasteiger partial charge on any atom is -0.493 e. The molecule has 5 N–H and O–H groups in total. The van der Waals surface area contributed by atoms with Gasteiger partial charge in [-0.15, -0.1) is 0 Å². The number of benzene rings is 3. The van der Waals surface area contributed by atoms with Gasteiger partial charge in [0.25, 0.3) is 5.91 Å². The fourth-order valence-electron chi connectivity index (χ4n) is 3.57. The Kier molecular flexibility index (Phi) is 9.62. The maximum Gasteiger partial charge on any atom is 0.255 e. The molecular weight excluding hydrogens is 444 g/mol. The molecule has 8 heteroatoms. The van der Waals surface area contributed by atoms with Crippen LogP contribution in [0.15, 0.2) is 66.7 Å². The van der Waals surface area contributed by atoms with Gasteiger partial charge in [-0.25, -0.2) is 0 Å². The van der Waals surface area contributed by atoms with E-state index in [-0.39, 0.29) is 24.3 Å². The standard InChI is InChI=1S/C27H32N4O4/c1-29-25(32)18-31-26(33)22-16-20-11-5-6-12-21(20)17-24(22)35-14-8-7-13-30-27(34)23(28)15-19-9-3-2-4-10-19/h2-6,9-12,16-17,23H,7-8,13-15,18,28H2,1H3,(H,29,32)(H,30,34)(H,31,33). The van der Waals surface area contributed by atoms with Gasteiger partial charge in [-0.05, 0) is 47.7 Å². The molecule has 0 radical (unpaired) electrons. The highest BCUT2D eigenvalue weighted by Crippen LogP contribution is 2.26. The average molecular weight is 477 g/mol. The molecule has 3 aromatic rings. The number of unbranched alkanes of at least 4 members (excludes halogenated alkanes) is 1. The predicted octanol–water partition coefficient (Wildman–Crippen LogP) is 2.16. The number of carbonyl (C=O) groups excluding carboxylic acids is 3. The van der Waals surface area contributed by atoms with Crippen molar-refractivity contribution in [3.05, 3.63) is 77.9 Å². The van der Waals surface area contributed by atoms with Crippen LogP contribution in [-0.4, -0.2) is 50.5 Å². The summed E-state index contributed by atoms with van der Waals surface area (Å²) in [6.07, 6.45) is 1.87. The number of nitrogens with two attached hydrogens (primary N) is 1. The van der Waals surface area contributed by atoms with E-state index in [1.807, 2.05) is 60.7 Å². The summed E-state index contributed by atoms with van der Waals surface area (Å²) in [5.74, 6) is -0.396. The second kappa shape index (κ2) is 13.1. The molecule has 3 rings (SSSR count). The van der Waals surface area contributed by atoms with Gasteiger partial charge < -0.3 is 26.4 Å². The van der Waals surface area contributed by atoms with Gasteiger partial charge in [0.1, 0.15) is 5.75 Å². The van der Waals surface area contributed by atoms with Crippen LogP contribution in [0.5, 0.6) is 5.75 Å². The SMILES string of the molecule is CNC(=O)CNC(=O)c1cc2ccccc2cc1OCCCCNC(=O)C(N)Cc1ccccc1. The van der Waals surface area contributed by atoms with Crippen LogP contribution in [0.4, 0.5) is 0 Å². The molecule has 0 aliphatic carbocycles. The van der Waals surface area contributed by atoms with Gasteiger partial charge in [0.2, 0.25) is 11.8 Å². The van der Waals surface area contributed by atoms with Crippen LogP contribution in [0.25, 0.3) is 10.8 Å². The average Bonchev–Trinajstić information content (AvgIpc) is 2.88. The lowest BCUT2D eigenvalue weighted by Crippen LogP contribution is -2.42. The lowest BCUT2D eigenvalue weighted by Gasteiger charge is -2.14. The third-order valence-corrected chi connectivity index (χ3v) is 5.54. The summed E-state index contributed by atoms with van der Waals surface area (Å²) in [6, 6.07) is 20.3. The van der Waals surface area contributed by atoms with Crippen LogP contribution in [0.3, 0.4) is 0 Å². The van der Waals surface area contributed by atoms with Crippen molar-refractivity contribution in [3.63, 3.8) is 0 Å². The number of ether oxygens (including phenoxy) is 1. The Morgan fingerprint density at radius 1 is 0.914 bits per heavy atom. The first kappa shape index (κ1) is 25.7. The normalized spacial score (nSPS) is 11.5. The Morgan fingerprint density at radius 2 is 1.60 bits per heavy atom. The largest absolute Gasteiger partial charge is 0.493 e. The molecular formula is C27H32N4O4. The highest BCUT2D eigenvalue weighted by atomic mass is 16.5. The lowest BCUT2D eigenvalue weighted by molar-refractivity contribution is -0.122. The Morgan fingerprint density at radius 3 is 2.31 bits per heavy atom. The molecule has 3 amide bonds. The van der Waals surface area contributed by atoms with Gasteiger partial charge in [0.05, 0.1) is 24.8 Å². The third-order valence-electron chi connectivity index (χ3n) is 5.54. The number of rotatable bonds is 12. The molecule has 0 saturated carbocycles. The first-order valence-corrected chi connectivity index (χ1v) is 11.7. The molecule has 0 saturated heterocycles. The van der Waals surface area contributed by atoms with E-state index in [4.69, 9.17) is 10.5 Å². The quantitative estimate of drug-likeness (QED) is 0.299. The first-order valence-electron chi connectivity index (χ1n) is 11.7. The van der Waals surface area contributed by atoms with E-state index in [1.54, 1.807) is 6.07 Å². The van der Waals surface area contributed by atoms with Crippen molar-refractivity contribution in [1.29, 1.82) is 0 Å². The number of carbonyl (C=O) groups is 3. The molecule has 8 nitrogen and oxygen atoms in total. The molecule has 35 heavy (non-hydrogen) atoms. The summed E-state index contributed by atoms with van der Waals surface area (Å²) < 4.78 is 5.93. The Labute approximate surface area is 205 Å². The maximum atomic E-state index is 12.7. The van der Waals surface area contributed by atoms with Gasteiger partial charge >= 0.3 is 0 Å². The molecule has 0 fully saturated rings. The van der Waals surface area contributed by atoms with E-state index in [0.29, 0.717) is 43.7 Å². The van der Waals surface area contributed by atoms with Crippen molar-refractivity contribution in [2.24, 2.45) is 5.73 Å². The number of hydrogen-bond donors (Lipinski definition) is 4. The fourth-order valence-corrected chi connectivity index (χ4v) is 3.57. The second-order valence-corrected chi connectivity index (χ2v) is 8.19. The smallest absolute Gasteiger partial charge is 0.255 e. The molecule has 0 aliphatic heterocycles. The van der Waals surface area contributed by atoms with Gasteiger partial charge in [-0.3, -0.25) is 14.4 Å². The van der Waals surface area contributed by atoms with Crippen molar-refractivity contribution in [1.82, 2.24) is 16.0 Å². The van der Waals surface area contributed by atoms with Crippen molar-refractivity contribution in [3.8, 4) is 5.75 Å². The topological polar surface area (TPSA) is 123 Å². The number of nitrogens with one attached hydrogen (secondary N) is 3. The zero-order valence-corrected chi connectivity index (χ0v) is 19.9. The van der Waals surface area contributed by atoms with E-state index >= 15 is 0 Å². The van der Waals surface area contributed by atoms with E-state index in [9.17, 15) is 14.4 Å². The number of hydrogen-bond acceptors (Lipinski definition) is 5. The summed E-state index contributed by atoms with van der Waals surface area (Å²) >= 11 is 0. The third kappa shape index (κ3) is 7.82. The van der Waals surface area contributed by atoms with Crippen molar-refractivity contribution in [2.75, 3.05) is 26.7 Å². The van der Waals surface area contributed by atoms with Crippen molar-refractivity contribution in [2.45, 2.75) is 25.3 Å². The van der Waals surface area contributed by atoms with Gasteiger partial charge in [0, 0.05) is 13.6 Å². The lowest BCUT2D eigenvalue weighted by atomic mass is 10.1. The first-order chi connectivity index (χ1) is 17.0. The summed E-state index contributed by atoms with van der Waals surface area (Å²) in [5, 5.41) is 9.81. The van der Waals surface area contributed by atoms with E-state index in [1.165, 1.54) is 7.05 Å². The summed E-state index contributed by atoms with van der Waals surface area (Å²) in [5.41, 5.74) is 7.40. The Bertz CT molecular complexity index is 1150. The van der Waals surface area contributed by atoms with Crippen molar-refractivity contribution < 1.29 is 19.1 Å². The number of likely N-dealkylation sites (N-methyl/N-ethyl adjacent to an activating group) is 1. The molecule has 0 aliphatic rings. The minimum absolute atomic E-state index is 0.117. The van der Waals surface area contributed by atoms with E-state index in [2.05, 4.69) is 16.0 Å². The fraction of sp³-hybridized carbons (Fsp3) is 0.296. The van der Waals surface area contributed by atoms with Crippen molar-refractivity contribution >= 4 is 28.5 Å². The molecule has 0 heterocycles. The minimum atomic E-state index is -0.595. The molecule has 0 aromatic heterocycles. The van der Waals surface area contributed by atoms with Crippen LogP contribution in [-0.2, 0) is 16.0 Å². The zero-order valence-electron chi connectivity index (χ0n) is 19.9. The molecule has 184 valence electrons. The highest BCUT2D eigenvalue weighted by Gasteiger charge is 2.16. The molecule has 3 aromatic carbocycles. The molecule has 1 atom stereocenters. The molecule has 0 bridgehead atoms. The second-order valence-electron chi connectivity index (χ2n) is 8.19. The summed E-state index contributed by atoms with van der Waals surface area (Å²) in [7, 11) is 1.51. The predicted molar refractivity (Wildman–Crippen MR) is 136 cm³/mol. The van der Waals surface area contributed by atoms with Crippen LogP contribution in [0, 0.1) is 0 Å². The Hall–Kier alpha value is -3.91.